The van der Waals surface area contributed by atoms with Gasteiger partial charge in [0.15, 0.2) is 5.69 Å². The molecule has 0 bridgehead atoms. The lowest BCUT2D eigenvalue weighted by molar-refractivity contribution is 0.0698. The number of fused-ring (bicyclic) bond motifs is 1. The number of nitrogens with one attached hydrogen (secondary N) is 2. The number of para-hydroxylation sites is 1. The van der Waals surface area contributed by atoms with Crippen molar-refractivity contribution in [3.8, 4) is 0 Å². The maximum Gasteiger partial charge on any atom is 0.337 e. The van der Waals surface area contributed by atoms with E-state index in [2.05, 4.69) is 25.1 Å². The van der Waals surface area contributed by atoms with Gasteiger partial charge in [0.25, 0.3) is 5.91 Å². The molecule has 3 N–H and O–H groups in total. The maximum absolute atomic E-state index is 12.5. The van der Waals surface area contributed by atoms with Crippen molar-refractivity contribution in [1.29, 1.82) is 0 Å². The average Bonchev–Trinajstić information content (AvgIpc) is 3.23. The number of aromatic carboxylic acids is 1. The van der Waals surface area contributed by atoms with Gasteiger partial charge in [0, 0.05) is 11.8 Å². The monoisotopic (exact) mass is 437 g/mol. The predicted octanol–water partition coefficient (Wildman–Crippen LogP) is 4.93. The molecule has 162 valence electrons. The highest BCUT2D eigenvalue weighted by Gasteiger charge is 2.43. The second-order valence-corrected chi connectivity index (χ2v) is 8.08. The van der Waals surface area contributed by atoms with Crippen molar-refractivity contribution in [3.05, 3.63) is 94.7 Å². The number of anilines is 1. The van der Waals surface area contributed by atoms with Gasteiger partial charge in [0.2, 0.25) is 0 Å². The molecule has 33 heavy (non-hydrogen) atoms. The molecule has 0 saturated heterocycles. The zero-order chi connectivity index (χ0) is 23.0. The number of carbonyl (C=O) groups is 2. The number of carboxylic acids is 1. The van der Waals surface area contributed by atoms with Crippen LogP contribution in [-0.2, 0) is 5.41 Å². The van der Waals surface area contributed by atoms with E-state index >= 15 is 0 Å². The molecule has 0 spiro atoms. The number of aromatic amines is 1. The Labute approximate surface area is 189 Å². The summed E-state index contributed by atoms with van der Waals surface area (Å²) in [5.74, 6) is -0.209. The van der Waals surface area contributed by atoms with Crippen LogP contribution in [0.5, 0.6) is 0 Å². The summed E-state index contributed by atoms with van der Waals surface area (Å²) in [6.07, 6.45) is 4.49. The van der Waals surface area contributed by atoms with Crippen LogP contribution >= 0.6 is 0 Å². The van der Waals surface area contributed by atoms with E-state index in [1.54, 1.807) is 42.6 Å². The van der Waals surface area contributed by atoms with Crippen molar-refractivity contribution >= 4 is 34.4 Å². The molecular weight excluding hydrogens is 418 g/mol. The molecule has 0 atom stereocenters. The van der Waals surface area contributed by atoms with Crippen molar-refractivity contribution < 1.29 is 14.7 Å². The van der Waals surface area contributed by atoms with Gasteiger partial charge in [-0.3, -0.25) is 4.79 Å². The largest absolute Gasteiger partial charge is 0.478 e. The maximum atomic E-state index is 12.5. The number of pyridine rings is 1. The van der Waals surface area contributed by atoms with Gasteiger partial charge in [-0.15, -0.1) is 0 Å². The fourth-order valence-corrected chi connectivity index (χ4v) is 4.28. The molecule has 1 saturated carbocycles. The molecular formula is C25H19N5O3. The molecule has 1 amide bonds. The molecule has 8 nitrogen and oxygen atoms in total. The molecule has 0 aliphatic heterocycles. The first kappa shape index (κ1) is 20.4. The highest BCUT2D eigenvalue weighted by molar-refractivity contribution is 6.04. The first-order valence-electron chi connectivity index (χ1n) is 10.5. The number of imidazole rings is 1. The van der Waals surface area contributed by atoms with E-state index in [1.807, 2.05) is 12.1 Å². The van der Waals surface area contributed by atoms with Gasteiger partial charge in [-0.2, -0.15) is 0 Å². The van der Waals surface area contributed by atoms with Crippen LogP contribution in [0.15, 0.2) is 60.8 Å². The molecule has 2 heterocycles. The normalized spacial score (nSPS) is 14.3. The van der Waals surface area contributed by atoms with Gasteiger partial charge in [0.1, 0.15) is 17.2 Å². The molecule has 4 aromatic rings. The Morgan fingerprint density at radius 1 is 1.12 bits per heavy atom. The number of carbonyl (C=O) groups excluding carboxylic acids is 1. The summed E-state index contributed by atoms with van der Waals surface area (Å²) in [5, 5.41) is 12.2. The second-order valence-electron chi connectivity index (χ2n) is 8.08. The number of aromatic nitrogens is 3. The van der Waals surface area contributed by atoms with E-state index in [-0.39, 0.29) is 16.9 Å². The first-order chi connectivity index (χ1) is 16.0. The molecule has 1 fully saturated rings. The van der Waals surface area contributed by atoms with Crippen LogP contribution in [0, 0.1) is 6.57 Å². The van der Waals surface area contributed by atoms with Crippen LogP contribution < -0.4 is 5.32 Å². The first-order valence-corrected chi connectivity index (χ1v) is 10.5. The Morgan fingerprint density at radius 3 is 2.61 bits per heavy atom. The van der Waals surface area contributed by atoms with E-state index in [0.717, 1.165) is 30.7 Å². The minimum Gasteiger partial charge on any atom is -0.478 e. The Kier molecular flexibility index (Phi) is 4.87. The third kappa shape index (κ3) is 3.49. The Morgan fingerprint density at radius 2 is 1.94 bits per heavy atom. The van der Waals surface area contributed by atoms with Crippen LogP contribution in [0.3, 0.4) is 0 Å². The van der Waals surface area contributed by atoms with Crippen LogP contribution in [0.4, 0.5) is 11.5 Å². The standard InChI is InChI=1S/C25H19N5O3/c1-26-17-6-2-5-15(13-17)22(31)29-20-10-9-16(14-27-20)25(11-4-12-25)24-28-19-8-3-7-18(23(32)33)21(19)30-24/h2-3,5-10,13-14H,4,11-12H2,(H,28,30)(H,32,33)(H,27,29,31). The van der Waals surface area contributed by atoms with E-state index in [4.69, 9.17) is 6.57 Å². The number of carboxylic acid groups (broad SMARTS) is 1. The van der Waals surface area contributed by atoms with Crippen molar-refractivity contribution in [3.63, 3.8) is 0 Å². The number of hydrogen-bond acceptors (Lipinski definition) is 4. The third-order valence-electron chi connectivity index (χ3n) is 6.20. The number of H-pyrrole nitrogens is 1. The molecule has 0 radical (unpaired) electrons. The van der Waals surface area contributed by atoms with Gasteiger partial charge in [-0.25, -0.2) is 19.6 Å². The van der Waals surface area contributed by atoms with Crippen molar-refractivity contribution in [2.75, 3.05) is 5.32 Å². The van der Waals surface area contributed by atoms with Crippen LogP contribution in [-0.4, -0.2) is 31.9 Å². The highest BCUT2D eigenvalue weighted by Crippen LogP contribution is 2.48. The quantitative estimate of drug-likeness (QED) is 0.383. The van der Waals surface area contributed by atoms with Crippen LogP contribution in [0.25, 0.3) is 15.9 Å². The van der Waals surface area contributed by atoms with Gasteiger partial charge in [-0.05, 0) is 42.7 Å². The van der Waals surface area contributed by atoms with E-state index in [1.165, 1.54) is 6.07 Å². The Balaban J connectivity index is 1.42. The summed E-state index contributed by atoms with van der Waals surface area (Å²) in [7, 11) is 0. The highest BCUT2D eigenvalue weighted by atomic mass is 16.4. The molecule has 2 aromatic heterocycles. The van der Waals surface area contributed by atoms with E-state index < -0.39 is 5.97 Å². The van der Waals surface area contributed by atoms with Crippen molar-refractivity contribution in [2.45, 2.75) is 24.7 Å². The van der Waals surface area contributed by atoms with Crippen molar-refractivity contribution in [2.24, 2.45) is 0 Å². The number of amides is 1. The Hall–Kier alpha value is -4.51. The molecule has 0 unspecified atom stereocenters. The van der Waals surface area contributed by atoms with Crippen molar-refractivity contribution in [1.82, 2.24) is 15.0 Å². The molecule has 2 aromatic carbocycles. The zero-order valence-electron chi connectivity index (χ0n) is 17.5. The number of rotatable bonds is 5. The summed E-state index contributed by atoms with van der Waals surface area (Å²) in [5.41, 5.74) is 2.69. The lowest BCUT2D eigenvalue weighted by atomic mass is 9.64. The summed E-state index contributed by atoms with van der Waals surface area (Å²) in [6, 6.07) is 15.2. The summed E-state index contributed by atoms with van der Waals surface area (Å²) in [4.78, 5) is 39.9. The minimum absolute atomic E-state index is 0.169. The number of nitrogens with zero attached hydrogens (tertiary/aromatic N) is 3. The zero-order valence-corrected chi connectivity index (χ0v) is 17.5. The van der Waals surface area contributed by atoms with Gasteiger partial charge in [0.05, 0.1) is 23.1 Å². The second kappa shape index (κ2) is 7.88. The summed E-state index contributed by atoms with van der Waals surface area (Å²) < 4.78 is 0. The molecule has 8 heteroatoms. The van der Waals surface area contributed by atoms with Gasteiger partial charge in [-0.1, -0.05) is 36.8 Å². The fraction of sp³-hybridized carbons (Fsp3) is 0.160. The van der Waals surface area contributed by atoms with Crippen LogP contribution in [0.1, 0.15) is 51.4 Å². The smallest absolute Gasteiger partial charge is 0.337 e. The van der Waals surface area contributed by atoms with E-state index in [9.17, 15) is 14.7 Å². The molecule has 1 aliphatic rings. The number of benzene rings is 2. The molecule has 1 aliphatic carbocycles. The summed E-state index contributed by atoms with van der Waals surface area (Å²) in [6.45, 7) is 7.09. The fourth-order valence-electron chi connectivity index (χ4n) is 4.28. The topological polar surface area (TPSA) is 112 Å². The number of hydrogen-bond donors (Lipinski definition) is 3. The Bertz CT molecular complexity index is 1430. The average molecular weight is 437 g/mol. The minimum atomic E-state index is -1.01. The van der Waals surface area contributed by atoms with Gasteiger partial charge >= 0.3 is 5.97 Å². The third-order valence-corrected chi connectivity index (χ3v) is 6.20. The molecule has 5 rings (SSSR count). The van der Waals surface area contributed by atoms with Crippen LogP contribution in [0.2, 0.25) is 0 Å². The predicted molar refractivity (Wildman–Crippen MR) is 123 cm³/mol. The lowest BCUT2D eigenvalue weighted by Crippen LogP contribution is -2.36. The lowest BCUT2D eigenvalue weighted by Gasteiger charge is -2.40. The summed E-state index contributed by atoms with van der Waals surface area (Å²) >= 11 is 0. The van der Waals surface area contributed by atoms with Gasteiger partial charge < -0.3 is 15.4 Å². The van der Waals surface area contributed by atoms with E-state index in [0.29, 0.717) is 28.1 Å². The SMILES string of the molecule is [C-]#[N+]c1cccc(C(=O)Nc2ccc(C3(c4nc5c(C(=O)O)cccc5[nH]4)CCC3)cn2)c1.